The third-order valence-corrected chi connectivity index (χ3v) is 13.9. The van der Waals surface area contributed by atoms with Crippen molar-refractivity contribution in [3.05, 3.63) is 224 Å². The van der Waals surface area contributed by atoms with Crippen LogP contribution in [0.4, 0.5) is 0 Å². The molecule has 68 heavy (non-hydrogen) atoms. The average molecular weight is 866 g/mol. The maximum Gasteiger partial charge on any atom is 0.156 e. The van der Waals surface area contributed by atoms with E-state index in [1.807, 2.05) is 42.6 Å². The number of aromatic nitrogens is 5. The van der Waals surface area contributed by atoms with Gasteiger partial charge < -0.3 is 13.7 Å². The molecule has 0 aliphatic rings. The Morgan fingerprint density at radius 3 is 0.882 bits per heavy atom. The van der Waals surface area contributed by atoms with Crippen molar-refractivity contribution in [3.8, 4) is 46.1 Å². The molecule has 0 fully saturated rings. The van der Waals surface area contributed by atoms with Crippen LogP contribution in [0.1, 0.15) is 11.1 Å². The normalized spacial score (nSPS) is 11.8. The molecule has 7 nitrogen and oxygen atoms in total. The quantitative estimate of drug-likeness (QED) is 0.173. The Kier molecular flexibility index (Phi) is 7.98. The fourth-order valence-electron chi connectivity index (χ4n) is 11.2. The van der Waals surface area contributed by atoms with E-state index in [0.717, 1.165) is 92.9 Å². The van der Waals surface area contributed by atoms with Crippen LogP contribution in [0.3, 0.4) is 0 Å². The lowest BCUT2D eigenvalue weighted by atomic mass is 9.91. The standard InChI is InChI=1S/C61H35N7/c62-35-46-56(65-48-25-9-1-17-38(48)39-18-2-10-26-49(39)65)33-34-57(66-50-27-11-3-19-40(50)41-20-4-12-28-51(41)66)59(46)60-47(36-63)61(68-54-31-15-7-23-44(54)45-24-8-16-32-55(45)68)64-37-58(60)67-52-29-13-5-21-42(52)43-22-6-14-30-53(43)67/h1-34,37H. The number of benzene rings is 9. The molecule has 14 rings (SSSR count). The molecule has 0 atom stereocenters. The number of fused-ring (bicyclic) bond motifs is 12. The Bertz CT molecular complexity index is 4040. The van der Waals surface area contributed by atoms with Gasteiger partial charge >= 0.3 is 0 Å². The number of hydrogen-bond acceptors (Lipinski definition) is 3. The summed E-state index contributed by atoms with van der Waals surface area (Å²) in [6, 6.07) is 76.7. The third kappa shape index (κ3) is 5.07. The first-order valence-electron chi connectivity index (χ1n) is 22.7. The topological polar surface area (TPSA) is 80.2 Å². The highest BCUT2D eigenvalue weighted by Gasteiger charge is 2.31. The predicted molar refractivity (Wildman–Crippen MR) is 276 cm³/mol. The van der Waals surface area contributed by atoms with Crippen LogP contribution in [0.5, 0.6) is 0 Å². The van der Waals surface area contributed by atoms with E-state index < -0.39 is 0 Å². The van der Waals surface area contributed by atoms with Crippen LogP contribution in [0.25, 0.3) is 121 Å². The molecule has 0 spiro atoms. The molecule has 0 bridgehead atoms. The molecular formula is C61H35N7. The van der Waals surface area contributed by atoms with Crippen molar-refractivity contribution >= 4 is 87.2 Å². The van der Waals surface area contributed by atoms with E-state index in [0.29, 0.717) is 39.4 Å². The van der Waals surface area contributed by atoms with Crippen molar-refractivity contribution in [2.45, 2.75) is 0 Å². The highest BCUT2D eigenvalue weighted by molar-refractivity contribution is 6.14. The van der Waals surface area contributed by atoms with Gasteiger partial charge in [-0.15, -0.1) is 0 Å². The first-order chi connectivity index (χ1) is 33.7. The zero-order valence-corrected chi connectivity index (χ0v) is 36.3. The van der Waals surface area contributed by atoms with Gasteiger partial charge in [0.1, 0.15) is 17.7 Å². The molecular weight excluding hydrogens is 831 g/mol. The lowest BCUT2D eigenvalue weighted by Crippen LogP contribution is -2.11. The zero-order chi connectivity index (χ0) is 45.0. The zero-order valence-electron chi connectivity index (χ0n) is 36.3. The van der Waals surface area contributed by atoms with Gasteiger partial charge in [-0.2, -0.15) is 10.5 Å². The summed E-state index contributed by atoms with van der Waals surface area (Å²) < 4.78 is 8.83. The van der Waals surface area contributed by atoms with Crippen LogP contribution in [-0.2, 0) is 0 Å². The molecule has 314 valence electrons. The van der Waals surface area contributed by atoms with Crippen LogP contribution >= 0.6 is 0 Å². The Balaban J connectivity index is 1.23. The second-order valence-electron chi connectivity index (χ2n) is 17.3. The molecule has 0 unspecified atom stereocenters. The number of nitrogens with zero attached hydrogens (tertiary/aromatic N) is 7. The van der Waals surface area contributed by atoms with Crippen molar-refractivity contribution in [1.29, 1.82) is 10.5 Å². The average Bonchev–Trinajstić information content (AvgIpc) is 4.13. The van der Waals surface area contributed by atoms with Gasteiger partial charge in [-0.3, -0.25) is 4.57 Å². The fraction of sp³-hybridized carbons (Fsp3) is 0. The van der Waals surface area contributed by atoms with Gasteiger partial charge in [-0.05, 0) is 60.7 Å². The minimum Gasteiger partial charge on any atom is -0.309 e. The third-order valence-electron chi connectivity index (χ3n) is 13.9. The number of hydrogen-bond donors (Lipinski definition) is 0. The Morgan fingerprint density at radius 2 is 0.544 bits per heavy atom. The van der Waals surface area contributed by atoms with E-state index in [-0.39, 0.29) is 0 Å². The summed E-state index contributed by atoms with van der Waals surface area (Å²) in [5.74, 6) is 0.476. The number of pyridine rings is 1. The molecule has 5 aromatic heterocycles. The van der Waals surface area contributed by atoms with Gasteiger partial charge in [0.05, 0.1) is 73.0 Å². The largest absolute Gasteiger partial charge is 0.309 e. The van der Waals surface area contributed by atoms with E-state index in [2.05, 4.69) is 200 Å². The van der Waals surface area contributed by atoms with E-state index in [4.69, 9.17) is 4.98 Å². The van der Waals surface area contributed by atoms with Gasteiger partial charge in [0.2, 0.25) is 0 Å². The van der Waals surface area contributed by atoms with E-state index in [9.17, 15) is 10.5 Å². The van der Waals surface area contributed by atoms with Crippen molar-refractivity contribution in [2.24, 2.45) is 0 Å². The number of para-hydroxylation sites is 8. The highest BCUT2D eigenvalue weighted by atomic mass is 15.1. The second-order valence-corrected chi connectivity index (χ2v) is 17.3. The summed E-state index contributed by atoms with van der Waals surface area (Å²) in [7, 11) is 0. The van der Waals surface area contributed by atoms with E-state index in [1.54, 1.807) is 0 Å². The lowest BCUT2D eigenvalue weighted by Gasteiger charge is -2.24. The molecule has 9 aromatic carbocycles. The van der Waals surface area contributed by atoms with Gasteiger partial charge in [0.15, 0.2) is 5.82 Å². The van der Waals surface area contributed by atoms with Crippen molar-refractivity contribution in [3.63, 3.8) is 0 Å². The van der Waals surface area contributed by atoms with Gasteiger partial charge in [-0.1, -0.05) is 146 Å². The van der Waals surface area contributed by atoms with Gasteiger partial charge in [0.25, 0.3) is 0 Å². The molecule has 0 saturated heterocycles. The molecule has 0 aliphatic carbocycles. The fourth-order valence-corrected chi connectivity index (χ4v) is 11.2. The van der Waals surface area contributed by atoms with Crippen molar-refractivity contribution in [1.82, 2.24) is 23.3 Å². The molecule has 7 heteroatoms. The van der Waals surface area contributed by atoms with Crippen molar-refractivity contribution in [2.75, 3.05) is 0 Å². The second kappa shape index (κ2) is 14.4. The SMILES string of the molecule is N#Cc1c(-n2c3ccccc3c3ccccc32)ccc(-n2c3ccccc3c3ccccc32)c1-c1c(-n2c3ccccc3c3ccccc32)cnc(-n2c3ccccc3c3ccccc32)c1C#N. The maximum atomic E-state index is 12.1. The summed E-state index contributed by atoms with van der Waals surface area (Å²) >= 11 is 0. The molecule has 14 aromatic rings. The summed E-state index contributed by atoms with van der Waals surface area (Å²) in [6.07, 6.45) is 1.91. The number of rotatable bonds is 5. The molecule has 0 saturated carbocycles. The minimum atomic E-state index is 0.341. The van der Waals surface area contributed by atoms with E-state index >= 15 is 0 Å². The van der Waals surface area contributed by atoms with Crippen LogP contribution < -0.4 is 0 Å². The molecule has 0 amide bonds. The molecule has 0 aliphatic heterocycles. The molecule has 0 radical (unpaired) electrons. The van der Waals surface area contributed by atoms with Crippen LogP contribution in [0.2, 0.25) is 0 Å². The Labute approximate surface area is 389 Å². The van der Waals surface area contributed by atoms with Gasteiger partial charge in [-0.25, -0.2) is 4.98 Å². The van der Waals surface area contributed by atoms with Crippen LogP contribution in [-0.4, -0.2) is 23.3 Å². The Morgan fingerprint density at radius 1 is 0.279 bits per heavy atom. The van der Waals surface area contributed by atoms with Gasteiger partial charge in [0, 0.05) is 54.2 Å². The smallest absolute Gasteiger partial charge is 0.156 e. The molecule has 5 heterocycles. The van der Waals surface area contributed by atoms with Crippen molar-refractivity contribution < 1.29 is 0 Å². The number of nitriles is 2. The maximum absolute atomic E-state index is 12.1. The summed E-state index contributed by atoms with van der Waals surface area (Å²) in [5.41, 5.74) is 11.8. The highest BCUT2D eigenvalue weighted by Crippen LogP contribution is 2.47. The van der Waals surface area contributed by atoms with Crippen LogP contribution in [0, 0.1) is 22.7 Å². The summed E-state index contributed by atoms with van der Waals surface area (Å²) in [6.45, 7) is 0. The lowest BCUT2D eigenvalue weighted by molar-refractivity contribution is 1.04. The van der Waals surface area contributed by atoms with Crippen LogP contribution in [0.15, 0.2) is 212 Å². The molecule has 0 N–H and O–H groups in total. The minimum absolute atomic E-state index is 0.341. The Hall–Kier alpha value is -9.69. The summed E-state index contributed by atoms with van der Waals surface area (Å²) in [5, 5.41) is 32.8. The first-order valence-corrected chi connectivity index (χ1v) is 22.7. The first kappa shape index (κ1) is 37.7. The van der Waals surface area contributed by atoms with E-state index in [1.165, 1.54) is 0 Å². The monoisotopic (exact) mass is 865 g/mol. The predicted octanol–water partition coefficient (Wildman–Crippen LogP) is 14.9. The summed E-state index contributed by atoms with van der Waals surface area (Å²) in [4.78, 5) is 5.37.